The summed E-state index contributed by atoms with van der Waals surface area (Å²) in [6, 6.07) is -0.979. The second-order valence-corrected chi connectivity index (χ2v) is 25.9. The Morgan fingerprint density at radius 3 is 1.52 bits per heavy atom. The van der Waals surface area contributed by atoms with Crippen molar-refractivity contribution in [1.29, 1.82) is 0 Å². The first-order chi connectivity index (χ1) is 42.0. The molecular weight excluding hydrogens is 1160 g/mol. The lowest BCUT2D eigenvalue weighted by Gasteiger charge is -2.39. The average Bonchev–Trinajstić information content (AvgIpc) is 1.47. The van der Waals surface area contributed by atoms with Crippen LogP contribution in [0.15, 0.2) is 54.7 Å². The van der Waals surface area contributed by atoms with Crippen molar-refractivity contribution in [3.8, 4) is 5.75 Å². The van der Waals surface area contributed by atoms with Gasteiger partial charge in [-0.05, 0) is 86.1 Å². The highest BCUT2D eigenvalue weighted by Gasteiger charge is 2.45. The highest BCUT2D eigenvalue weighted by molar-refractivity contribution is 6.00. The smallest absolute Gasteiger partial charge is 0.329 e. The van der Waals surface area contributed by atoms with Crippen LogP contribution < -0.4 is 36.6 Å². The van der Waals surface area contributed by atoms with Gasteiger partial charge in [-0.1, -0.05) is 119 Å². The maximum atomic E-state index is 15.4. The van der Waals surface area contributed by atoms with Gasteiger partial charge in [0.2, 0.25) is 53.2 Å². The zero-order chi connectivity index (χ0) is 68.1. The molecule has 25 heteroatoms. The molecule has 0 spiro atoms. The van der Waals surface area contributed by atoms with Crippen molar-refractivity contribution in [2.45, 2.75) is 189 Å². The predicted octanol–water partition coefficient (Wildman–Crippen LogP) is 2.42. The van der Waals surface area contributed by atoms with Crippen LogP contribution in [-0.2, 0) is 59.1 Å². The molecule has 3 aromatic rings. The maximum Gasteiger partial charge on any atom is 0.329 e. The van der Waals surface area contributed by atoms with E-state index >= 15 is 14.4 Å². The van der Waals surface area contributed by atoms with Gasteiger partial charge < -0.3 is 76.2 Å². The Bertz CT molecular complexity index is 2980. The zero-order valence-electron chi connectivity index (χ0n) is 56.2. The number of hydrogen-bond acceptors (Lipinski definition) is 15. The predicted molar refractivity (Wildman–Crippen MR) is 340 cm³/mol. The van der Waals surface area contributed by atoms with Gasteiger partial charge in [-0.25, -0.2) is 4.79 Å². The van der Waals surface area contributed by atoms with Crippen LogP contribution in [0.2, 0.25) is 0 Å². The van der Waals surface area contributed by atoms with Crippen LogP contribution in [0.5, 0.6) is 5.75 Å². The molecule has 90 heavy (non-hydrogen) atoms. The number of esters is 1. The van der Waals surface area contributed by atoms with Crippen molar-refractivity contribution in [2.75, 3.05) is 42.3 Å². The number of carbonyl (C=O) groups excluding carboxylic acids is 10. The van der Waals surface area contributed by atoms with E-state index in [0.717, 1.165) is 4.90 Å². The maximum absolute atomic E-state index is 15.4. The van der Waals surface area contributed by atoms with Crippen molar-refractivity contribution in [2.24, 2.45) is 35.5 Å². The second-order valence-electron chi connectivity index (χ2n) is 25.9. The molecule has 1 aromatic heterocycles. The number of fused-ring (bicyclic) bond motifs is 1. The summed E-state index contributed by atoms with van der Waals surface area (Å²) in [5, 5.41) is 40.4. The van der Waals surface area contributed by atoms with Crippen molar-refractivity contribution in [1.82, 2.24) is 56.5 Å². The number of ether oxygens (including phenoxy) is 2. The monoisotopic (exact) mass is 1260 g/mol. The molecule has 4 rings (SSSR count). The normalized spacial score (nSPS) is 26.2. The quantitative estimate of drug-likeness (QED) is 0.105. The molecule has 1 aliphatic heterocycles. The van der Waals surface area contributed by atoms with Gasteiger partial charge in [0.25, 0.3) is 0 Å². The average molecular weight is 1260 g/mol. The van der Waals surface area contributed by atoms with Crippen molar-refractivity contribution in [3.63, 3.8) is 0 Å². The number of nitrogens with zero attached hydrogens (tertiary/aromatic N) is 4. The van der Waals surface area contributed by atoms with E-state index in [4.69, 9.17) is 9.47 Å². The number of carbonyl (C=O) groups is 10. The lowest BCUT2D eigenvalue weighted by Crippen LogP contribution is -2.63. The summed E-state index contributed by atoms with van der Waals surface area (Å²) in [4.78, 5) is 156. The Morgan fingerprint density at radius 1 is 0.533 bits per heavy atom. The topological polar surface area (TPSA) is 331 Å². The molecule has 2 aromatic carbocycles. The highest BCUT2D eigenvalue weighted by Crippen LogP contribution is 2.31. The molecule has 25 nitrogen and oxygen atoms in total. The number of cyclic esters (lactones) is 1. The van der Waals surface area contributed by atoms with Crippen molar-refractivity contribution >= 4 is 70.0 Å². The van der Waals surface area contributed by atoms with Gasteiger partial charge in [-0.15, -0.1) is 0 Å². The van der Waals surface area contributed by atoms with Gasteiger partial charge in [0.1, 0.15) is 78.4 Å². The molecule has 9 amide bonds. The van der Waals surface area contributed by atoms with Gasteiger partial charge in [0, 0.05) is 51.7 Å². The summed E-state index contributed by atoms with van der Waals surface area (Å²) in [6.07, 6.45) is -2.99. The second kappa shape index (κ2) is 32.9. The fraction of sp³-hybridized carbons (Fsp3) is 0.631. The molecule has 13 atom stereocenters. The number of likely N-dealkylation sites (N-methyl/N-ethyl adjacent to an activating group) is 5. The molecule has 0 aliphatic carbocycles. The number of benzene rings is 2. The van der Waals surface area contributed by atoms with E-state index in [2.05, 4.69) is 36.9 Å². The zero-order valence-corrected chi connectivity index (χ0v) is 56.2. The molecule has 1 fully saturated rings. The van der Waals surface area contributed by atoms with Crippen molar-refractivity contribution < 1.29 is 67.6 Å². The lowest BCUT2D eigenvalue weighted by atomic mass is 9.94. The van der Waals surface area contributed by atoms with E-state index in [1.165, 1.54) is 83.0 Å². The van der Waals surface area contributed by atoms with Crippen LogP contribution in [0.3, 0.4) is 0 Å². The first kappa shape index (κ1) is 74.8. The van der Waals surface area contributed by atoms with Gasteiger partial charge >= 0.3 is 5.97 Å². The van der Waals surface area contributed by atoms with Crippen LogP contribution in [0.4, 0.5) is 0 Å². The fourth-order valence-electron chi connectivity index (χ4n) is 11.4. The largest absolute Gasteiger partial charge is 0.496 e. The van der Waals surface area contributed by atoms with E-state index in [9.17, 15) is 43.8 Å². The Hall–Kier alpha value is -7.64. The molecular formula is C65H101N11O14. The van der Waals surface area contributed by atoms with Crippen LogP contribution in [0.1, 0.15) is 121 Å². The van der Waals surface area contributed by atoms with Crippen LogP contribution in [0, 0.1) is 35.5 Å². The third-order valence-electron chi connectivity index (χ3n) is 16.8. The minimum absolute atomic E-state index is 0.104. The molecule has 1 saturated heterocycles. The van der Waals surface area contributed by atoms with Gasteiger partial charge in [-0.2, -0.15) is 0 Å². The molecule has 0 radical (unpaired) electrons. The lowest BCUT2D eigenvalue weighted by molar-refractivity contribution is -0.159. The SMILES string of the molecule is CNC1C(=O)N(C)C(C(C)O)C(=O)NC(C(C)C)C(=O)N(C)C(CC(C)C)C(=O)NC(C(C)C)C(=O)N(C)C(C(C)C)C(=O)N(C)C(Cc2c[nH]c3cccc(OC)c23)C(=O)NC(C(C)C)C(=O)NC(C(O)c2ccccc2)C(=O)NC(C(C)C)C(=O)OC1C. The number of aromatic nitrogens is 1. The molecule has 500 valence electrons. The minimum atomic E-state index is -1.83. The first-order valence-corrected chi connectivity index (χ1v) is 31.0. The van der Waals surface area contributed by atoms with E-state index in [1.54, 1.807) is 106 Å². The number of nitrogens with one attached hydrogen (secondary N) is 7. The van der Waals surface area contributed by atoms with Gasteiger partial charge in [-0.3, -0.25) is 43.2 Å². The summed E-state index contributed by atoms with van der Waals surface area (Å²) in [6.45, 7) is 23.1. The number of aromatic amines is 1. The summed E-state index contributed by atoms with van der Waals surface area (Å²) in [7, 11) is 8.39. The number of H-pyrrole nitrogens is 1. The third-order valence-corrected chi connectivity index (χ3v) is 16.8. The molecule has 1 aliphatic rings. The Morgan fingerprint density at radius 2 is 1.01 bits per heavy atom. The molecule has 2 heterocycles. The summed E-state index contributed by atoms with van der Waals surface area (Å²) in [5.74, 6) is -11.3. The first-order valence-electron chi connectivity index (χ1n) is 31.0. The van der Waals surface area contributed by atoms with Crippen LogP contribution in [-0.4, -0.2) is 209 Å². The number of aliphatic hydroxyl groups excluding tert-OH is 2. The van der Waals surface area contributed by atoms with Crippen LogP contribution >= 0.6 is 0 Å². The van der Waals surface area contributed by atoms with Crippen molar-refractivity contribution in [3.05, 3.63) is 65.9 Å². The number of hydrogen-bond donors (Lipinski definition) is 9. The standard InChI is InChI=1S/C65H101N11O14/c1-32(2)29-43-56(79)69-49(35(7)8)62(85)75(18)53(37(11)12)64(87)74(17)44(30-41-31-67-42-27-24-28-45(89-20)46(41)42)57(80)68-47(33(3)4)58(81)72-52(55(78)40-25-22-21-23-26-40)59(82)71-50(36(9)10)65(88)90-39(14)51(66-15)63(86)76(19)54(38(13)77)60(83)70-48(34(5)6)61(84)73(43)16/h21-28,31-39,43-44,47-55,66-67,77-78H,29-30H2,1-20H3,(H,68,80)(H,69,79)(H,70,83)(H,71,82)(H,72,81). The fourth-order valence-corrected chi connectivity index (χ4v) is 11.4. The number of rotatable bonds is 14. The molecule has 0 bridgehead atoms. The third kappa shape index (κ3) is 18.1. The Balaban J connectivity index is 1.98. The van der Waals surface area contributed by atoms with Gasteiger partial charge in [0.15, 0.2) is 0 Å². The summed E-state index contributed by atoms with van der Waals surface area (Å²) >= 11 is 0. The molecule has 13 unspecified atom stereocenters. The van der Waals surface area contributed by atoms with E-state index < -0.39 is 167 Å². The molecule has 9 N–H and O–H groups in total. The minimum Gasteiger partial charge on any atom is -0.496 e. The number of aliphatic hydroxyl groups is 2. The van der Waals surface area contributed by atoms with E-state index in [-0.39, 0.29) is 24.3 Å². The Kier molecular flexibility index (Phi) is 27.4. The van der Waals surface area contributed by atoms with E-state index in [1.807, 2.05) is 19.9 Å². The molecule has 0 saturated carbocycles. The number of amides is 9. The van der Waals surface area contributed by atoms with Gasteiger partial charge in [0.05, 0.1) is 13.2 Å². The van der Waals surface area contributed by atoms with E-state index in [0.29, 0.717) is 22.2 Å². The summed E-state index contributed by atoms with van der Waals surface area (Å²) < 4.78 is 11.6. The number of methoxy groups -OCH3 is 1. The van der Waals surface area contributed by atoms with Crippen LogP contribution in [0.25, 0.3) is 10.9 Å². The Labute approximate surface area is 530 Å². The highest BCUT2D eigenvalue weighted by atomic mass is 16.5. The summed E-state index contributed by atoms with van der Waals surface area (Å²) in [5.41, 5.74) is 1.41.